The van der Waals surface area contributed by atoms with Crippen molar-refractivity contribution in [2.75, 3.05) is 5.32 Å². The zero-order chi connectivity index (χ0) is 13.8. The summed E-state index contributed by atoms with van der Waals surface area (Å²) >= 11 is 0. The first-order valence-corrected chi connectivity index (χ1v) is 5.24. The quantitative estimate of drug-likeness (QED) is 0.679. The minimum Gasteiger partial charge on any atom is -0.358 e. The van der Waals surface area contributed by atoms with Crippen molar-refractivity contribution in [3.05, 3.63) is 64.1 Å². The Balaban J connectivity index is 2.18. The van der Waals surface area contributed by atoms with Crippen LogP contribution in [0, 0.1) is 15.9 Å². The zero-order valence-electron chi connectivity index (χ0n) is 9.54. The Morgan fingerprint density at radius 2 is 1.89 bits per heavy atom. The van der Waals surface area contributed by atoms with Gasteiger partial charge in [-0.1, -0.05) is 0 Å². The molecule has 0 fully saturated rings. The molecule has 0 unspecified atom stereocenters. The normalized spacial score (nSPS) is 9.95. The Morgan fingerprint density at radius 3 is 2.53 bits per heavy atom. The van der Waals surface area contributed by atoms with E-state index in [-0.39, 0.29) is 5.69 Å². The van der Waals surface area contributed by atoms with Gasteiger partial charge in [0, 0.05) is 11.8 Å². The molecule has 1 aromatic carbocycles. The van der Waals surface area contributed by atoms with Gasteiger partial charge in [-0.2, -0.15) is 0 Å². The van der Waals surface area contributed by atoms with Crippen molar-refractivity contribution in [1.29, 1.82) is 0 Å². The van der Waals surface area contributed by atoms with Crippen LogP contribution in [0.3, 0.4) is 0 Å². The summed E-state index contributed by atoms with van der Waals surface area (Å²) in [5, 5.41) is 13.0. The van der Waals surface area contributed by atoms with Crippen molar-refractivity contribution in [3.63, 3.8) is 0 Å². The number of nitrogens with zero attached hydrogens (tertiary/aromatic N) is 2. The SMILES string of the molecule is O=C(Nc1ccc(F)cc1)c1cccc([N+](=O)[O-])n1. The van der Waals surface area contributed by atoms with Gasteiger partial charge < -0.3 is 15.4 Å². The van der Waals surface area contributed by atoms with Crippen molar-refractivity contribution in [2.45, 2.75) is 0 Å². The lowest BCUT2D eigenvalue weighted by Gasteiger charge is -2.02. The average molecular weight is 261 g/mol. The van der Waals surface area contributed by atoms with Crippen LogP contribution in [0.15, 0.2) is 42.5 Å². The highest BCUT2D eigenvalue weighted by atomic mass is 19.1. The molecule has 6 nitrogen and oxygen atoms in total. The molecule has 2 rings (SSSR count). The van der Waals surface area contributed by atoms with Crippen LogP contribution in [-0.2, 0) is 0 Å². The fourth-order valence-electron chi connectivity index (χ4n) is 1.38. The third-order valence-electron chi connectivity index (χ3n) is 2.26. The minimum atomic E-state index is -0.686. The average Bonchev–Trinajstić information content (AvgIpc) is 2.41. The fourth-order valence-corrected chi connectivity index (χ4v) is 1.38. The number of aromatic nitrogens is 1. The first kappa shape index (κ1) is 12.6. The second-order valence-corrected chi connectivity index (χ2v) is 3.60. The van der Waals surface area contributed by atoms with Crippen LogP contribution in [0.2, 0.25) is 0 Å². The van der Waals surface area contributed by atoms with Gasteiger partial charge >= 0.3 is 5.82 Å². The number of amides is 1. The third kappa shape index (κ3) is 3.09. The van der Waals surface area contributed by atoms with E-state index in [1.807, 2.05) is 0 Å². The number of nitrogens with one attached hydrogen (secondary N) is 1. The number of nitro groups is 1. The van der Waals surface area contributed by atoms with E-state index in [4.69, 9.17) is 0 Å². The lowest BCUT2D eigenvalue weighted by Crippen LogP contribution is -2.14. The number of pyridine rings is 1. The molecule has 0 aliphatic carbocycles. The summed E-state index contributed by atoms with van der Waals surface area (Å²) in [7, 11) is 0. The van der Waals surface area contributed by atoms with Crippen molar-refractivity contribution in [3.8, 4) is 0 Å². The molecule has 1 aromatic heterocycles. The molecule has 0 aliphatic rings. The molecule has 7 heteroatoms. The van der Waals surface area contributed by atoms with Gasteiger partial charge in [-0.25, -0.2) is 4.39 Å². The first-order valence-electron chi connectivity index (χ1n) is 5.24. The summed E-state index contributed by atoms with van der Waals surface area (Å²) in [6, 6.07) is 9.05. The molecular formula is C12H8FN3O3. The van der Waals surface area contributed by atoms with Crippen LogP contribution >= 0.6 is 0 Å². The Hall–Kier alpha value is -2.83. The lowest BCUT2D eigenvalue weighted by molar-refractivity contribution is -0.389. The smallest absolute Gasteiger partial charge is 0.358 e. The van der Waals surface area contributed by atoms with Crippen molar-refractivity contribution in [2.24, 2.45) is 0 Å². The Labute approximate surface area is 107 Å². The van der Waals surface area contributed by atoms with Crippen molar-refractivity contribution in [1.82, 2.24) is 4.98 Å². The monoisotopic (exact) mass is 261 g/mol. The summed E-state index contributed by atoms with van der Waals surface area (Å²) < 4.78 is 12.7. The van der Waals surface area contributed by atoms with Gasteiger partial charge in [0.1, 0.15) is 5.82 Å². The minimum absolute atomic E-state index is 0.0847. The summed E-state index contributed by atoms with van der Waals surface area (Å²) in [4.78, 5) is 25.2. The van der Waals surface area contributed by atoms with E-state index in [0.717, 1.165) is 0 Å². The highest BCUT2D eigenvalue weighted by Gasteiger charge is 2.16. The molecule has 0 saturated carbocycles. The van der Waals surface area contributed by atoms with Crippen molar-refractivity contribution >= 4 is 17.4 Å². The summed E-state index contributed by atoms with van der Waals surface area (Å²) in [6.45, 7) is 0. The molecule has 0 radical (unpaired) electrons. The number of halogens is 1. The maximum absolute atomic E-state index is 12.7. The van der Waals surface area contributed by atoms with E-state index in [9.17, 15) is 19.3 Å². The van der Waals surface area contributed by atoms with E-state index < -0.39 is 22.5 Å². The molecule has 0 aliphatic heterocycles. The molecule has 2 aromatic rings. The first-order chi connectivity index (χ1) is 9.06. The molecule has 96 valence electrons. The second-order valence-electron chi connectivity index (χ2n) is 3.60. The lowest BCUT2D eigenvalue weighted by atomic mass is 10.3. The summed E-state index contributed by atoms with van der Waals surface area (Å²) in [5.41, 5.74) is 0.290. The predicted octanol–water partition coefficient (Wildman–Crippen LogP) is 2.38. The molecular weight excluding hydrogens is 253 g/mol. The second kappa shape index (κ2) is 5.21. The maximum atomic E-state index is 12.7. The number of carbonyl (C=O) groups is 1. The molecule has 1 amide bonds. The molecule has 0 bridgehead atoms. The maximum Gasteiger partial charge on any atom is 0.364 e. The molecule has 0 spiro atoms. The van der Waals surface area contributed by atoms with Crippen LogP contribution < -0.4 is 5.32 Å². The van der Waals surface area contributed by atoms with E-state index in [0.29, 0.717) is 5.69 Å². The van der Waals surface area contributed by atoms with E-state index in [1.54, 1.807) is 0 Å². The van der Waals surface area contributed by atoms with Crippen molar-refractivity contribution < 1.29 is 14.1 Å². The topological polar surface area (TPSA) is 85.1 Å². The van der Waals surface area contributed by atoms with Crippen LogP contribution in [0.5, 0.6) is 0 Å². The Kier molecular flexibility index (Phi) is 3.46. The van der Waals surface area contributed by atoms with Crippen LogP contribution in [0.1, 0.15) is 10.5 Å². The van der Waals surface area contributed by atoms with E-state index >= 15 is 0 Å². The fraction of sp³-hybridized carbons (Fsp3) is 0. The number of hydrogen-bond acceptors (Lipinski definition) is 4. The highest BCUT2D eigenvalue weighted by Crippen LogP contribution is 2.12. The molecule has 0 atom stereocenters. The largest absolute Gasteiger partial charge is 0.364 e. The Morgan fingerprint density at radius 1 is 1.21 bits per heavy atom. The molecule has 1 N–H and O–H groups in total. The number of carbonyl (C=O) groups excluding carboxylic acids is 1. The Bertz CT molecular complexity index is 628. The number of anilines is 1. The van der Waals surface area contributed by atoms with E-state index in [1.165, 1.54) is 42.5 Å². The van der Waals surface area contributed by atoms with Gasteiger partial charge in [-0.15, -0.1) is 0 Å². The van der Waals surface area contributed by atoms with Crippen LogP contribution in [-0.4, -0.2) is 15.8 Å². The predicted molar refractivity (Wildman–Crippen MR) is 65.2 cm³/mol. The van der Waals surface area contributed by atoms with Gasteiger partial charge in [0.05, 0.1) is 0 Å². The molecule has 19 heavy (non-hydrogen) atoms. The zero-order valence-corrected chi connectivity index (χ0v) is 9.54. The summed E-state index contributed by atoms with van der Waals surface area (Å²) in [5.74, 6) is -1.44. The number of rotatable bonds is 3. The molecule has 1 heterocycles. The van der Waals surface area contributed by atoms with Crippen LogP contribution in [0.4, 0.5) is 15.9 Å². The third-order valence-corrected chi connectivity index (χ3v) is 2.26. The van der Waals surface area contributed by atoms with Gasteiger partial charge in [0.25, 0.3) is 5.91 Å². The van der Waals surface area contributed by atoms with Crippen LogP contribution in [0.25, 0.3) is 0 Å². The van der Waals surface area contributed by atoms with E-state index in [2.05, 4.69) is 10.3 Å². The standard InChI is InChI=1S/C12H8FN3O3/c13-8-4-6-9(7-5-8)14-12(17)10-2-1-3-11(15-10)16(18)19/h1-7H,(H,14,17). The molecule has 0 saturated heterocycles. The number of hydrogen-bond donors (Lipinski definition) is 1. The van der Waals surface area contributed by atoms with Gasteiger partial charge in [-0.05, 0) is 46.3 Å². The summed E-state index contributed by atoms with van der Waals surface area (Å²) in [6.07, 6.45) is 0. The highest BCUT2D eigenvalue weighted by molar-refractivity contribution is 6.02. The van der Waals surface area contributed by atoms with Gasteiger partial charge in [0.2, 0.25) is 5.69 Å². The number of benzene rings is 1. The van der Waals surface area contributed by atoms with Gasteiger partial charge in [-0.3, -0.25) is 4.79 Å². The van der Waals surface area contributed by atoms with Gasteiger partial charge in [0.15, 0.2) is 0 Å².